The Morgan fingerprint density at radius 2 is 1.81 bits per heavy atom. The van der Waals surface area contributed by atoms with Gasteiger partial charge in [-0.25, -0.2) is 0 Å². The predicted octanol–water partition coefficient (Wildman–Crippen LogP) is 2.90. The lowest BCUT2D eigenvalue weighted by Gasteiger charge is -2.13. The molecule has 0 bridgehead atoms. The van der Waals surface area contributed by atoms with Crippen molar-refractivity contribution in [1.82, 2.24) is 5.32 Å². The van der Waals surface area contributed by atoms with Gasteiger partial charge in [0.05, 0.1) is 11.7 Å². The normalized spacial score (nSPS) is 11.2. The van der Waals surface area contributed by atoms with Gasteiger partial charge in [0.1, 0.15) is 5.75 Å². The van der Waals surface area contributed by atoms with Crippen LogP contribution in [0.15, 0.2) is 42.1 Å². The van der Waals surface area contributed by atoms with Crippen LogP contribution in [0, 0.1) is 13.8 Å². The Bertz CT molecular complexity index is 855. The molecule has 2 aromatic carbocycles. The van der Waals surface area contributed by atoms with Crippen molar-refractivity contribution < 1.29 is 19.4 Å². The van der Waals surface area contributed by atoms with Crippen molar-refractivity contribution in [1.29, 1.82) is 0 Å². The van der Waals surface area contributed by atoms with Crippen molar-refractivity contribution in [2.75, 3.05) is 6.61 Å². The first-order chi connectivity index (χ1) is 12.3. The van der Waals surface area contributed by atoms with Gasteiger partial charge in [0.2, 0.25) is 0 Å². The molecular formula is C19H16Cl2NO4-. The summed E-state index contributed by atoms with van der Waals surface area (Å²) in [5.41, 5.74) is 1.77. The van der Waals surface area contributed by atoms with E-state index in [9.17, 15) is 14.7 Å². The zero-order valence-electron chi connectivity index (χ0n) is 14.1. The second kappa shape index (κ2) is 8.74. The third-order valence-electron chi connectivity index (χ3n) is 3.43. The maximum absolute atomic E-state index is 12.0. The number of carbonyl (C=O) groups excluding carboxylic acids is 2. The van der Waals surface area contributed by atoms with Crippen molar-refractivity contribution in [2.45, 2.75) is 13.8 Å². The Labute approximate surface area is 161 Å². The number of halogens is 2. The molecule has 0 heterocycles. The third-order valence-corrected chi connectivity index (χ3v) is 4.26. The summed E-state index contributed by atoms with van der Waals surface area (Å²) in [5, 5.41) is 14.6. The van der Waals surface area contributed by atoms with Gasteiger partial charge in [-0.2, -0.15) is 0 Å². The molecule has 26 heavy (non-hydrogen) atoms. The van der Waals surface area contributed by atoms with Crippen molar-refractivity contribution in [3.8, 4) is 5.75 Å². The first kappa shape index (κ1) is 19.8. The molecule has 0 spiro atoms. The van der Waals surface area contributed by atoms with Gasteiger partial charge < -0.3 is 20.0 Å². The molecule has 0 aliphatic carbocycles. The summed E-state index contributed by atoms with van der Waals surface area (Å²) in [6, 6.07) is 9.93. The van der Waals surface area contributed by atoms with Crippen LogP contribution in [0.3, 0.4) is 0 Å². The maximum Gasteiger partial charge on any atom is 0.262 e. The highest BCUT2D eigenvalue weighted by atomic mass is 35.5. The number of carboxylic acid groups (broad SMARTS) is 1. The highest BCUT2D eigenvalue weighted by Gasteiger charge is 2.09. The molecule has 0 aromatic heterocycles. The number of aryl methyl sites for hydroxylation is 2. The fraction of sp³-hybridized carbons (Fsp3) is 0.158. The van der Waals surface area contributed by atoms with E-state index in [0.29, 0.717) is 21.4 Å². The van der Waals surface area contributed by atoms with Crippen LogP contribution in [-0.4, -0.2) is 18.5 Å². The van der Waals surface area contributed by atoms with Crippen molar-refractivity contribution in [3.05, 3.63) is 68.8 Å². The van der Waals surface area contributed by atoms with E-state index in [-0.39, 0.29) is 12.3 Å². The van der Waals surface area contributed by atoms with Crippen LogP contribution in [-0.2, 0) is 9.59 Å². The number of carbonyl (C=O) groups is 2. The zero-order chi connectivity index (χ0) is 19.3. The van der Waals surface area contributed by atoms with Gasteiger partial charge in [-0.3, -0.25) is 4.79 Å². The van der Waals surface area contributed by atoms with Gasteiger partial charge in [0.15, 0.2) is 6.61 Å². The average Bonchev–Trinajstić information content (AvgIpc) is 2.57. The Morgan fingerprint density at radius 1 is 1.15 bits per heavy atom. The summed E-state index contributed by atoms with van der Waals surface area (Å²) < 4.78 is 5.40. The second-order valence-corrected chi connectivity index (χ2v) is 6.42. The number of hydrogen-bond acceptors (Lipinski definition) is 4. The van der Waals surface area contributed by atoms with E-state index in [4.69, 9.17) is 27.9 Å². The minimum Gasteiger partial charge on any atom is -0.543 e. The van der Waals surface area contributed by atoms with Gasteiger partial charge in [-0.1, -0.05) is 35.3 Å². The largest absolute Gasteiger partial charge is 0.543 e. The molecule has 0 unspecified atom stereocenters. The Balaban J connectivity index is 2.05. The van der Waals surface area contributed by atoms with E-state index >= 15 is 0 Å². The summed E-state index contributed by atoms with van der Waals surface area (Å²) in [6.07, 6.45) is 1.26. The van der Waals surface area contributed by atoms with Crippen molar-refractivity contribution in [3.63, 3.8) is 0 Å². The van der Waals surface area contributed by atoms with Gasteiger partial charge in [0, 0.05) is 10.0 Å². The van der Waals surface area contributed by atoms with Crippen LogP contribution in [0.5, 0.6) is 5.75 Å². The van der Waals surface area contributed by atoms with E-state index in [1.54, 1.807) is 36.4 Å². The minimum absolute atomic E-state index is 0.360. The number of aliphatic carboxylic acids is 1. The molecule has 0 fully saturated rings. The molecule has 7 heteroatoms. The highest BCUT2D eigenvalue weighted by molar-refractivity contribution is 6.32. The summed E-state index contributed by atoms with van der Waals surface area (Å²) in [6.45, 7) is 3.29. The third kappa shape index (κ3) is 5.51. The van der Waals surface area contributed by atoms with Gasteiger partial charge in [-0.15, -0.1) is 0 Å². The fourth-order valence-corrected chi connectivity index (χ4v) is 2.54. The van der Waals surface area contributed by atoms with Crippen molar-refractivity contribution in [2.24, 2.45) is 0 Å². The highest BCUT2D eigenvalue weighted by Crippen LogP contribution is 2.25. The van der Waals surface area contributed by atoms with E-state index in [1.807, 2.05) is 13.8 Å². The summed E-state index contributed by atoms with van der Waals surface area (Å²) >= 11 is 11.9. The van der Waals surface area contributed by atoms with Crippen LogP contribution in [0.25, 0.3) is 6.08 Å². The maximum atomic E-state index is 12.0. The quantitative estimate of drug-likeness (QED) is 0.766. The molecule has 2 rings (SSSR count). The lowest BCUT2D eigenvalue weighted by atomic mass is 10.1. The first-order valence-electron chi connectivity index (χ1n) is 7.64. The number of benzene rings is 2. The Hall–Kier alpha value is -2.50. The van der Waals surface area contributed by atoms with E-state index in [0.717, 1.165) is 11.1 Å². The molecule has 2 aromatic rings. The zero-order valence-corrected chi connectivity index (χ0v) is 15.6. The predicted molar refractivity (Wildman–Crippen MR) is 99.0 cm³/mol. The number of ether oxygens (including phenoxy) is 1. The molecule has 0 radical (unpaired) electrons. The van der Waals surface area contributed by atoms with E-state index < -0.39 is 11.9 Å². The molecular weight excluding hydrogens is 377 g/mol. The van der Waals surface area contributed by atoms with Crippen molar-refractivity contribution >= 4 is 41.2 Å². The molecule has 1 amide bonds. The Morgan fingerprint density at radius 3 is 2.38 bits per heavy atom. The summed E-state index contributed by atoms with van der Waals surface area (Å²) in [5.74, 6) is -1.68. The molecule has 0 aliphatic rings. The molecule has 0 atom stereocenters. The SMILES string of the molecule is Cc1cc(OCC(=O)N/C(=C/c2cccc(Cl)c2)C(=O)[O-])cc(C)c1Cl. The summed E-state index contributed by atoms with van der Waals surface area (Å²) in [4.78, 5) is 23.2. The lowest BCUT2D eigenvalue weighted by Crippen LogP contribution is -2.37. The molecule has 0 saturated heterocycles. The van der Waals surface area contributed by atoms with Gasteiger partial charge in [-0.05, 0) is 60.9 Å². The molecule has 5 nitrogen and oxygen atoms in total. The molecule has 136 valence electrons. The van der Waals surface area contributed by atoms with Crippen LogP contribution >= 0.6 is 23.2 Å². The molecule has 0 aliphatic heterocycles. The van der Waals surface area contributed by atoms with Gasteiger partial charge in [0.25, 0.3) is 5.91 Å². The summed E-state index contributed by atoms with van der Waals surface area (Å²) in [7, 11) is 0. The lowest BCUT2D eigenvalue weighted by molar-refractivity contribution is -0.299. The monoisotopic (exact) mass is 392 g/mol. The second-order valence-electron chi connectivity index (χ2n) is 5.61. The first-order valence-corrected chi connectivity index (χ1v) is 8.40. The average molecular weight is 393 g/mol. The topological polar surface area (TPSA) is 78.5 Å². The van der Waals surface area contributed by atoms with Crippen LogP contribution in [0.2, 0.25) is 10.0 Å². The minimum atomic E-state index is -1.52. The van der Waals surface area contributed by atoms with Gasteiger partial charge >= 0.3 is 0 Å². The fourth-order valence-electron chi connectivity index (χ4n) is 2.23. The van der Waals surface area contributed by atoms with Crippen LogP contribution < -0.4 is 15.2 Å². The number of amides is 1. The number of nitrogens with one attached hydrogen (secondary N) is 1. The standard InChI is InChI=1S/C19H17Cl2NO4/c1-11-6-15(7-12(2)18(11)21)26-10-17(23)22-16(19(24)25)9-13-4-3-5-14(20)8-13/h3-9H,10H2,1-2H3,(H,22,23)(H,24,25)/p-1/b16-9+. The van der Waals surface area contributed by atoms with Crippen LogP contribution in [0.4, 0.5) is 0 Å². The number of hydrogen-bond donors (Lipinski definition) is 1. The molecule has 1 N–H and O–H groups in total. The van der Waals surface area contributed by atoms with E-state index in [1.165, 1.54) is 6.08 Å². The molecule has 0 saturated carbocycles. The number of rotatable bonds is 6. The van der Waals surface area contributed by atoms with E-state index in [2.05, 4.69) is 5.32 Å². The smallest absolute Gasteiger partial charge is 0.262 e. The Kier molecular flexibility index (Phi) is 6.66. The number of carboxylic acids is 1. The van der Waals surface area contributed by atoms with Crippen LogP contribution in [0.1, 0.15) is 16.7 Å².